The van der Waals surface area contributed by atoms with Gasteiger partial charge in [0, 0.05) is 12.8 Å². The van der Waals surface area contributed by atoms with Gasteiger partial charge in [-0.2, -0.15) is 0 Å². The number of aldehydes is 1. The number of fused-ring (bicyclic) bond motifs is 5. The zero-order chi connectivity index (χ0) is 29.3. The van der Waals surface area contributed by atoms with Gasteiger partial charge in [0.25, 0.3) is 0 Å². The maximum atomic E-state index is 16.3. The summed E-state index contributed by atoms with van der Waals surface area (Å²) in [4.78, 5) is 28.9. The summed E-state index contributed by atoms with van der Waals surface area (Å²) in [6, 6.07) is 0. The molecule has 10 unspecified atom stereocenters. The molecule has 4 fully saturated rings. The van der Waals surface area contributed by atoms with Gasteiger partial charge in [-0.3, -0.25) is 0 Å². The number of carbonyl (C=O) groups is 3. The van der Waals surface area contributed by atoms with Gasteiger partial charge in [0.15, 0.2) is 0 Å². The van der Waals surface area contributed by atoms with Crippen LogP contribution in [-0.2, 0) is 14.4 Å². The number of ketones is 1. The minimum atomic E-state index is -1.12. The highest BCUT2D eigenvalue weighted by molar-refractivity contribution is 5.75. The molecule has 5 heteroatoms. The molecule has 0 saturated heterocycles. The second-order valence-corrected chi connectivity index (χ2v) is 13.3. The predicted molar refractivity (Wildman–Crippen MR) is 155 cm³/mol. The minimum Gasteiger partial charge on any atom is -0.393 e. The highest BCUT2D eigenvalue weighted by Gasteiger charge is 2.66. The zero-order valence-corrected chi connectivity index (χ0v) is 25.9. The van der Waals surface area contributed by atoms with E-state index in [2.05, 4.69) is 20.8 Å². The number of hydrogen-bond donors (Lipinski definition) is 1. The van der Waals surface area contributed by atoms with Gasteiger partial charge >= 0.3 is 0 Å². The molecule has 0 spiro atoms. The molecule has 0 radical (unpaired) electrons. The molecule has 0 bridgehead atoms. The number of unbranched alkanes of at least 4 members (excludes halogenated alkanes) is 1. The van der Waals surface area contributed by atoms with E-state index in [0.717, 1.165) is 51.2 Å². The predicted octanol–water partition coefficient (Wildman–Crippen LogP) is 8.18. The van der Waals surface area contributed by atoms with Gasteiger partial charge in [0.05, 0.1) is 6.10 Å². The summed E-state index contributed by atoms with van der Waals surface area (Å²) in [6.45, 7) is 18.8. The van der Waals surface area contributed by atoms with Crippen LogP contribution in [0.4, 0.5) is 4.39 Å². The van der Waals surface area contributed by atoms with Gasteiger partial charge in [-0.25, -0.2) is 4.39 Å². The molecule has 0 aromatic carbocycles. The van der Waals surface area contributed by atoms with Crippen LogP contribution < -0.4 is 0 Å². The van der Waals surface area contributed by atoms with E-state index in [-0.39, 0.29) is 22.9 Å². The molecule has 1 N–H and O–H groups in total. The van der Waals surface area contributed by atoms with Crippen molar-refractivity contribution in [3.05, 3.63) is 0 Å². The van der Waals surface area contributed by atoms with Gasteiger partial charge in [0.2, 0.25) is 0 Å². The second-order valence-electron chi connectivity index (χ2n) is 13.3. The van der Waals surface area contributed by atoms with Gasteiger partial charge < -0.3 is 19.5 Å². The minimum absolute atomic E-state index is 0.169. The zero-order valence-electron chi connectivity index (χ0n) is 25.9. The monoisotopic (exact) mass is 538 g/mol. The molecule has 222 valence electrons. The molecule has 38 heavy (non-hydrogen) atoms. The van der Waals surface area contributed by atoms with Crippen molar-refractivity contribution in [3.8, 4) is 0 Å². The Morgan fingerprint density at radius 2 is 1.63 bits per heavy atom. The van der Waals surface area contributed by atoms with Gasteiger partial charge in [-0.1, -0.05) is 41.5 Å². The Morgan fingerprint density at radius 1 is 1.05 bits per heavy atom. The third-order valence-corrected chi connectivity index (χ3v) is 11.1. The van der Waals surface area contributed by atoms with E-state index in [9.17, 15) is 14.7 Å². The van der Waals surface area contributed by atoms with E-state index in [1.165, 1.54) is 12.8 Å². The average Bonchev–Trinajstić information content (AvgIpc) is 3.24. The largest absolute Gasteiger partial charge is 0.393 e. The second kappa shape index (κ2) is 15.1. The van der Waals surface area contributed by atoms with Crippen LogP contribution in [0.1, 0.15) is 132 Å². The third-order valence-electron chi connectivity index (χ3n) is 11.1. The lowest BCUT2D eigenvalue weighted by molar-refractivity contribution is -0.188. The van der Waals surface area contributed by atoms with Crippen LogP contribution in [0, 0.1) is 46.3 Å². The fourth-order valence-electron chi connectivity index (χ4n) is 9.26. The van der Waals surface area contributed by atoms with Crippen LogP contribution in [0.2, 0.25) is 0 Å². The Bertz CT molecular complexity index is 739. The number of carbonyl (C=O) groups excluding carboxylic acids is 3. The lowest BCUT2D eigenvalue weighted by Crippen LogP contribution is -2.61. The molecule has 4 nitrogen and oxygen atoms in total. The number of aliphatic hydroxyl groups excluding tert-OH is 1. The fourth-order valence-corrected chi connectivity index (χ4v) is 9.26. The van der Waals surface area contributed by atoms with Crippen molar-refractivity contribution in [1.82, 2.24) is 0 Å². The number of alkyl halides is 1. The van der Waals surface area contributed by atoms with Gasteiger partial charge in [0.1, 0.15) is 24.5 Å². The lowest BCUT2D eigenvalue weighted by Gasteiger charge is -2.64. The molecule has 4 rings (SSSR count). The van der Waals surface area contributed by atoms with Crippen LogP contribution in [0.15, 0.2) is 0 Å². The molecule has 4 saturated carbocycles. The average molecular weight is 539 g/mol. The van der Waals surface area contributed by atoms with Crippen LogP contribution >= 0.6 is 0 Å². The van der Waals surface area contributed by atoms with Crippen molar-refractivity contribution in [2.24, 2.45) is 46.3 Å². The van der Waals surface area contributed by atoms with Gasteiger partial charge in [-0.05, 0) is 124 Å². The fraction of sp³-hybridized carbons (Fsp3) is 0.909. The molecular weight excluding hydrogens is 479 g/mol. The van der Waals surface area contributed by atoms with E-state index < -0.39 is 5.67 Å². The van der Waals surface area contributed by atoms with E-state index >= 15 is 4.39 Å². The van der Waals surface area contributed by atoms with Crippen molar-refractivity contribution in [1.29, 1.82) is 0 Å². The molecule has 0 heterocycles. The summed E-state index contributed by atoms with van der Waals surface area (Å²) >= 11 is 0. The molecule has 0 amide bonds. The normalized spacial score (nSPS) is 41.6. The van der Waals surface area contributed by atoms with E-state index in [1.54, 1.807) is 6.92 Å². The Kier molecular flexibility index (Phi) is 13.8. The first-order valence-electron chi connectivity index (χ1n) is 15.5. The number of rotatable bonds is 6. The Morgan fingerprint density at radius 3 is 2.16 bits per heavy atom. The summed E-state index contributed by atoms with van der Waals surface area (Å²) in [5.74, 6) is 2.91. The molecule has 0 aromatic heterocycles. The van der Waals surface area contributed by atoms with Gasteiger partial charge in [-0.15, -0.1) is 0 Å². The third kappa shape index (κ3) is 7.34. The standard InChI is InChI=1S/C26H43FO2.C4H8O.C2H6.CH2O/c1-16(6-7-17(2)28)20-8-9-21-23-22(11-13-25(20,21)4)24(3)12-10-19(29)14-18(24)15-26(23,5)27;1-2-3-4-5;2*1-2/h16,18-23,29H,6-15H2,1-5H3;4H,2-3H2,1H3;1-2H3;1H2. The van der Waals surface area contributed by atoms with Crippen LogP contribution in [0.5, 0.6) is 0 Å². The maximum absolute atomic E-state index is 16.3. The summed E-state index contributed by atoms with van der Waals surface area (Å²) < 4.78 is 16.3. The van der Waals surface area contributed by atoms with E-state index in [0.29, 0.717) is 54.6 Å². The lowest BCUT2D eigenvalue weighted by atomic mass is 9.41. The summed E-state index contributed by atoms with van der Waals surface area (Å²) in [7, 11) is 0. The first kappa shape index (κ1) is 34.9. The summed E-state index contributed by atoms with van der Waals surface area (Å²) in [5.41, 5.74) is -0.687. The Balaban J connectivity index is 0.000000709. The van der Waals surface area contributed by atoms with Crippen molar-refractivity contribution in [2.45, 2.75) is 144 Å². The molecule has 0 aromatic rings. The quantitative estimate of drug-likeness (QED) is 0.346. The number of aliphatic hydroxyl groups is 1. The van der Waals surface area contributed by atoms with E-state index in [4.69, 9.17) is 4.79 Å². The van der Waals surface area contributed by atoms with E-state index in [1.807, 2.05) is 34.5 Å². The Hall–Kier alpha value is -1.10. The maximum Gasteiger partial charge on any atom is 0.129 e. The topological polar surface area (TPSA) is 71.4 Å². The van der Waals surface area contributed by atoms with Crippen molar-refractivity contribution < 1.29 is 23.9 Å². The SMILES string of the molecule is C=O.CC.CC(=O)CCC(C)C1CCC2C3C(CCC12C)C1(C)CCC(O)CC1CC3(C)F.CCCC=O. The number of Topliss-reactive ketones (excluding diaryl/α,β-unsaturated/α-hetero) is 1. The summed E-state index contributed by atoms with van der Waals surface area (Å²) in [5, 5.41) is 10.3. The van der Waals surface area contributed by atoms with Crippen molar-refractivity contribution in [2.75, 3.05) is 0 Å². The smallest absolute Gasteiger partial charge is 0.129 e. The molecule has 10 atom stereocenters. The first-order valence-corrected chi connectivity index (χ1v) is 15.5. The number of hydrogen-bond acceptors (Lipinski definition) is 4. The van der Waals surface area contributed by atoms with Crippen LogP contribution in [-0.4, -0.2) is 35.7 Å². The first-order chi connectivity index (χ1) is 17.9. The number of halogens is 1. The summed E-state index contributed by atoms with van der Waals surface area (Å²) in [6.07, 6.45) is 12.2. The molecule has 4 aliphatic rings. The van der Waals surface area contributed by atoms with Crippen molar-refractivity contribution >= 4 is 18.9 Å². The highest BCUT2D eigenvalue weighted by atomic mass is 19.1. The molecular formula is C33H59FO4. The molecule has 4 aliphatic carbocycles. The van der Waals surface area contributed by atoms with Crippen LogP contribution in [0.25, 0.3) is 0 Å². The van der Waals surface area contributed by atoms with Crippen molar-refractivity contribution in [3.63, 3.8) is 0 Å². The molecule has 0 aliphatic heterocycles. The Labute approximate surface area is 233 Å². The highest BCUT2D eigenvalue weighted by Crippen LogP contribution is 2.70. The van der Waals surface area contributed by atoms with Crippen LogP contribution in [0.3, 0.4) is 0 Å².